The highest BCUT2D eigenvalue weighted by Crippen LogP contribution is 2.22. The molecule has 0 spiro atoms. The van der Waals surface area contributed by atoms with E-state index in [2.05, 4.69) is 0 Å². The monoisotopic (exact) mass is 313 g/mol. The van der Waals surface area contributed by atoms with Crippen LogP contribution in [0.15, 0.2) is 0 Å². The van der Waals surface area contributed by atoms with Crippen molar-refractivity contribution in [3.05, 3.63) is 0 Å². The van der Waals surface area contributed by atoms with Gasteiger partial charge in [-0.3, -0.25) is 14.4 Å². The first-order chi connectivity index (χ1) is 10.0. The molecule has 1 saturated heterocycles. The number of carbonyl (C=O) groups excluding carboxylic acids is 4. The lowest BCUT2D eigenvalue weighted by Crippen LogP contribution is -2.37. The molecule has 1 heterocycles. The largest absolute Gasteiger partial charge is 0.460 e. The minimum Gasteiger partial charge on any atom is -0.460 e. The van der Waals surface area contributed by atoms with Crippen molar-refractivity contribution in [1.29, 1.82) is 0 Å². The van der Waals surface area contributed by atoms with Crippen molar-refractivity contribution >= 4 is 23.8 Å². The van der Waals surface area contributed by atoms with Crippen LogP contribution in [0.2, 0.25) is 0 Å². The fourth-order valence-corrected chi connectivity index (χ4v) is 1.97. The van der Waals surface area contributed by atoms with Crippen LogP contribution in [0.3, 0.4) is 0 Å². The van der Waals surface area contributed by atoms with Gasteiger partial charge in [-0.2, -0.15) is 0 Å². The zero-order valence-electron chi connectivity index (χ0n) is 13.7. The predicted molar refractivity (Wildman–Crippen MR) is 76.0 cm³/mol. The highest BCUT2D eigenvalue weighted by atomic mass is 16.7. The van der Waals surface area contributed by atoms with Gasteiger partial charge in [-0.15, -0.1) is 5.06 Å². The molecular weight excluding hydrogens is 290 g/mol. The van der Waals surface area contributed by atoms with E-state index in [1.54, 1.807) is 34.6 Å². The summed E-state index contributed by atoms with van der Waals surface area (Å²) in [7, 11) is 0. The number of hydroxylamine groups is 2. The molecular formula is C15H23NO6. The summed E-state index contributed by atoms with van der Waals surface area (Å²) in [6.07, 6.45) is -0.0982. The molecule has 2 amide bonds. The summed E-state index contributed by atoms with van der Waals surface area (Å²) < 4.78 is 5.19. The van der Waals surface area contributed by atoms with Crippen molar-refractivity contribution < 1.29 is 28.8 Å². The maximum absolute atomic E-state index is 12.2. The maximum Gasteiger partial charge on any atom is 0.337 e. The second-order valence-electron chi connectivity index (χ2n) is 6.63. The molecule has 0 unspecified atom stereocenters. The highest BCUT2D eigenvalue weighted by molar-refractivity contribution is 6.01. The van der Waals surface area contributed by atoms with Crippen molar-refractivity contribution in [2.75, 3.05) is 0 Å². The smallest absolute Gasteiger partial charge is 0.337 e. The Balaban J connectivity index is 2.70. The number of hydrogen-bond acceptors (Lipinski definition) is 6. The second-order valence-corrected chi connectivity index (χ2v) is 6.63. The summed E-state index contributed by atoms with van der Waals surface area (Å²) in [6, 6.07) is 0. The van der Waals surface area contributed by atoms with E-state index in [9.17, 15) is 19.2 Å². The Bertz CT molecular complexity index is 461. The Morgan fingerprint density at radius 1 is 1.14 bits per heavy atom. The lowest BCUT2D eigenvalue weighted by molar-refractivity contribution is -0.202. The van der Waals surface area contributed by atoms with Crippen LogP contribution >= 0.6 is 0 Å². The molecule has 0 bridgehead atoms. The topological polar surface area (TPSA) is 90.0 Å². The van der Waals surface area contributed by atoms with Gasteiger partial charge in [0.1, 0.15) is 5.60 Å². The Morgan fingerprint density at radius 3 is 2.05 bits per heavy atom. The van der Waals surface area contributed by atoms with Gasteiger partial charge >= 0.3 is 11.9 Å². The van der Waals surface area contributed by atoms with E-state index in [0.717, 1.165) is 0 Å². The maximum atomic E-state index is 12.2. The van der Waals surface area contributed by atoms with E-state index in [0.29, 0.717) is 5.06 Å². The van der Waals surface area contributed by atoms with E-state index in [4.69, 9.17) is 9.57 Å². The van der Waals surface area contributed by atoms with Gasteiger partial charge in [-0.05, 0) is 26.7 Å². The number of carbonyl (C=O) groups is 4. The van der Waals surface area contributed by atoms with Gasteiger partial charge < -0.3 is 9.57 Å². The predicted octanol–water partition coefficient (Wildman–Crippen LogP) is 1.60. The normalized spacial score (nSPS) is 16.9. The number of nitrogens with zero attached hydrogens (tertiary/aromatic N) is 1. The molecule has 0 aromatic rings. The van der Waals surface area contributed by atoms with Gasteiger partial charge in [0, 0.05) is 12.8 Å². The average Bonchev–Trinajstić information content (AvgIpc) is 2.65. The van der Waals surface area contributed by atoms with Crippen LogP contribution in [-0.4, -0.2) is 34.4 Å². The van der Waals surface area contributed by atoms with Gasteiger partial charge in [-0.25, -0.2) is 4.79 Å². The van der Waals surface area contributed by atoms with Crippen molar-refractivity contribution in [1.82, 2.24) is 5.06 Å². The molecule has 0 saturated carbocycles. The van der Waals surface area contributed by atoms with Crippen LogP contribution in [0.25, 0.3) is 0 Å². The molecule has 124 valence electrons. The van der Waals surface area contributed by atoms with Crippen LogP contribution in [0.4, 0.5) is 0 Å². The van der Waals surface area contributed by atoms with Crippen molar-refractivity contribution in [3.8, 4) is 0 Å². The zero-order valence-corrected chi connectivity index (χ0v) is 13.7. The highest BCUT2D eigenvalue weighted by Gasteiger charge is 2.36. The summed E-state index contributed by atoms with van der Waals surface area (Å²) in [4.78, 5) is 51.8. The lowest BCUT2D eigenvalue weighted by atomic mass is 9.92. The SMILES string of the molecule is CC(C)[C@H](CC(=O)OC(C)(C)C)C(=O)ON1C(=O)CCC1=O. The molecule has 7 nitrogen and oxygen atoms in total. The summed E-state index contributed by atoms with van der Waals surface area (Å²) >= 11 is 0. The first-order valence-electron chi connectivity index (χ1n) is 7.30. The quantitative estimate of drug-likeness (QED) is 0.565. The number of ether oxygens (including phenoxy) is 1. The summed E-state index contributed by atoms with van der Waals surface area (Å²) in [5.41, 5.74) is -0.649. The van der Waals surface area contributed by atoms with E-state index in [-0.39, 0.29) is 25.2 Å². The molecule has 1 aliphatic heterocycles. The van der Waals surface area contributed by atoms with E-state index in [1.165, 1.54) is 0 Å². The van der Waals surface area contributed by atoms with Crippen molar-refractivity contribution in [2.24, 2.45) is 11.8 Å². The van der Waals surface area contributed by atoms with Gasteiger partial charge in [-0.1, -0.05) is 13.8 Å². The number of hydrogen-bond donors (Lipinski definition) is 0. The molecule has 1 atom stereocenters. The van der Waals surface area contributed by atoms with E-state index < -0.39 is 35.3 Å². The van der Waals surface area contributed by atoms with Crippen LogP contribution < -0.4 is 0 Å². The summed E-state index contributed by atoms with van der Waals surface area (Å²) in [5.74, 6) is -3.37. The molecule has 22 heavy (non-hydrogen) atoms. The summed E-state index contributed by atoms with van der Waals surface area (Å²) in [5, 5.41) is 0.493. The first-order valence-corrected chi connectivity index (χ1v) is 7.30. The molecule has 7 heteroatoms. The third kappa shape index (κ3) is 5.13. The molecule has 0 radical (unpaired) electrons. The third-order valence-corrected chi connectivity index (χ3v) is 3.10. The lowest BCUT2D eigenvalue weighted by Gasteiger charge is -2.24. The molecule has 0 aliphatic carbocycles. The number of imide groups is 1. The molecule has 1 aliphatic rings. The minimum atomic E-state index is -0.781. The third-order valence-electron chi connectivity index (χ3n) is 3.10. The number of amides is 2. The Kier molecular flexibility index (Phi) is 5.68. The van der Waals surface area contributed by atoms with Gasteiger partial charge in [0.15, 0.2) is 0 Å². The Hall–Kier alpha value is -1.92. The second kappa shape index (κ2) is 6.89. The van der Waals surface area contributed by atoms with Crippen LogP contribution in [-0.2, 0) is 28.8 Å². The van der Waals surface area contributed by atoms with Crippen LogP contribution in [0.5, 0.6) is 0 Å². The molecule has 1 fully saturated rings. The fourth-order valence-electron chi connectivity index (χ4n) is 1.97. The molecule has 0 aromatic carbocycles. The van der Waals surface area contributed by atoms with E-state index in [1.807, 2.05) is 0 Å². The van der Waals surface area contributed by atoms with Crippen LogP contribution in [0.1, 0.15) is 53.9 Å². The number of rotatable bonds is 5. The van der Waals surface area contributed by atoms with Crippen molar-refractivity contribution in [2.45, 2.75) is 59.5 Å². The Morgan fingerprint density at radius 2 is 1.64 bits per heavy atom. The fraction of sp³-hybridized carbons (Fsp3) is 0.733. The molecule has 1 rings (SSSR count). The zero-order chi connectivity index (χ0) is 17.1. The van der Waals surface area contributed by atoms with Gasteiger partial charge in [0.05, 0.1) is 12.3 Å². The Labute approximate surface area is 129 Å². The van der Waals surface area contributed by atoms with Crippen molar-refractivity contribution in [3.63, 3.8) is 0 Å². The molecule has 0 N–H and O–H groups in total. The number of esters is 1. The van der Waals surface area contributed by atoms with Gasteiger partial charge in [0.2, 0.25) is 0 Å². The minimum absolute atomic E-state index is 0.0323. The summed E-state index contributed by atoms with van der Waals surface area (Å²) in [6.45, 7) is 8.70. The standard InChI is InChI=1S/C15H23NO6/c1-9(2)10(8-13(19)21-15(3,4)5)14(20)22-16-11(17)6-7-12(16)18/h9-10H,6-8H2,1-5H3/t10-/m0/s1. The first kappa shape index (κ1) is 18.1. The molecule has 0 aromatic heterocycles. The van der Waals surface area contributed by atoms with Crippen LogP contribution in [0, 0.1) is 11.8 Å². The average molecular weight is 313 g/mol. The van der Waals surface area contributed by atoms with E-state index >= 15 is 0 Å². The van der Waals surface area contributed by atoms with Gasteiger partial charge in [0.25, 0.3) is 11.8 Å².